The summed E-state index contributed by atoms with van der Waals surface area (Å²) in [5, 5.41) is 0. The normalized spacial score (nSPS) is 0. The second kappa shape index (κ2) is 38.3. The zero-order chi connectivity index (χ0) is 0. The topological polar surface area (TPSA) is 60.0 Å². The Labute approximate surface area is 45.3 Å². The molecule has 24 valence electrons. The van der Waals surface area contributed by atoms with Gasteiger partial charge in [-0.1, -0.05) is 0 Å². The quantitative estimate of drug-likeness (QED) is 0.355. The van der Waals surface area contributed by atoms with Gasteiger partial charge in [-0.05, 0) is 0 Å². The number of hydrogen-bond donors (Lipinski definition) is 0. The van der Waals surface area contributed by atoms with Gasteiger partial charge in [0.2, 0.25) is 0 Å². The molecule has 4 heteroatoms. The van der Waals surface area contributed by atoms with Crippen LogP contribution in [0, 0.1) is 0 Å². The van der Waals surface area contributed by atoms with Crippen molar-refractivity contribution in [3.05, 3.63) is 0 Å². The molecule has 0 spiro atoms. The van der Waals surface area contributed by atoms with E-state index in [1.54, 1.807) is 0 Å². The first-order chi connectivity index (χ1) is 0. The number of rotatable bonds is 0. The van der Waals surface area contributed by atoms with E-state index in [9.17, 15) is 0 Å². The van der Waals surface area contributed by atoms with Gasteiger partial charge in [0.25, 0.3) is 0 Å². The largest absolute Gasteiger partial charge is 3.00 e. The van der Waals surface area contributed by atoms with Crippen molar-refractivity contribution in [3.8, 4) is 0 Å². The van der Waals surface area contributed by atoms with Gasteiger partial charge >= 0.3 is 33.9 Å². The third kappa shape index (κ3) is 12.5. The van der Waals surface area contributed by atoms with Gasteiger partial charge in [-0.25, -0.2) is 0 Å². The predicted molar refractivity (Wildman–Crippen MR) is 10.1 cm³/mol. The monoisotopic (exact) mass is 119 g/mol. The van der Waals surface area contributed by atoms with E-state index in [2.05, 4.69) is 0 Å². The summed E-state index contributed by atoms with van der Waals surface area (Å²) in [6, 6.07) is 0. The molecule has 0 rings (SSSR count). The minimum atomic E-state index is 0. The van der Waals surface area contributed by atoms with Crippen LogP contribution >= 0.6 is 0 Å². The van der Waals surface area contributed by atoms with Gasteiger partial charge in [-0.2, -0.15) is 0 Å². The molecule has 0 radical (unpaired) electrons. The van der Waals surface area contributed by atoms with Crippen molar-refractivity contribution in [1.29, 1.82) is 0 Å². The van der Waals surface area contributed by atoms with Crippen LogP contribution in [0.25, 0.3) is 0 Å². The molecule has 0 unspecified atom stereocenters. The van der Waals surface area contributed by atoms with Crippen LogP contribution in [-0.2, 0) is 22.0 Å². The van der Waals surface area contributed by atoms with Crippen molar-refractivity contribution in [1.82, 2.24) is 0 Å². The summed E-state index contributed by atoms with van der Waals surface area (Å²) in [5.41, 5.74) is 0. The molecule has 2 nitrogen and oxygen atoms in total. The van der Waals surface area contributed by atoms with Gasteiger partial charge in [0.1, 0.15) is 0 Å². The molecular formula is H2AlNiO2+3. The molecule has 0 aromatic carbocycles. The first kappa shape index (κ1) is 86.1. The predicted octanol–water partition coefficient (Wildman–Crippen LogP) is -1.33. The van der Waals surface area contributed by atoms with Crippen molar-refractivity contribution in [2.45, 2.75) is 0 Å². The van der Waals surface area contributed by atoms with E-state index < -0.39 is 0 Å². The maximum absolute atomic E-state index is 0. The Balaban J connectivity index is 0. The average Bonchev–Trinajstić information content (AvgIpc) is 0. The van der Waals surface area contributed by atoms with E-state index in [1.807, 2.05) is 0 Å². The van der Waals surface area contributed by atoms with E-state index in [4.69, 9.17) is 0 Å². The standard InChI is InChI=1S/Al.Ni.H2O.O/h;;1H2;/q+3;+2;;-2. The molecule has 0 amide bonds. The summed E-state index contributed by atoms with van der Waals surface area (Å²) in [6.07, 6.45) is 0. The Morgan fingerprint density at radius 1 is 1.00 bits per heavy atom. The second-order valence-electron chi connectivity index (χ2n) is 0. The molecule has 0 aliphatic carbocycles. The Morgan fingerprint density at radius 2 is 1.00 bits per heavy atom. The van der Waals surface area contributed by atoms with Gasteiger partial charge < -0.3 is 11.0 Å². The van der Waals surface area contributed by atoms with Crippen LogP contribution < -0.4 is 0 Å². The van der Waals surface area contributed by atoms with E-state index in [0.29, 0.717) is 0 Å². The second-order valence-corrected chi connectivity index (χ2v) is 0. The molecule has 0 bridgehead atoms. The molecule has 2 N–H and O–H groups in total. The van der Waals surface area contributed by atoms with Crippen LogP contribution in [0.5, 0.6) is 0 Å². The summed E-state index contributed by atoms with van der Waals surface area (Å²) < 4.78 is 0. The first-order valence-electron chi connectivity index (χ1n) is 0. The Hall–Kier alpha value is 0.946. The number of hydrogen-bond acceptors (Lipinski definition) is 0. The molecule has 0 aromatic heterocycles. The summed E-state index contributed by atoms with van der Waals surface area (Å²) in [4.78, 5) is 0. The summed E-state index contributed by atoms with van der Waals surface area (Å²) in [5.74, 6) is 0. The maximum atomic E-state index is 0. The fourth-order valence-corrected chi connectivity index (χ4v) is 0. The third-order valence-corrected chi connectivity index (χ3v) is 0. The van der Waals surface area contributed by atoms with E-state index in [0.717, 1.165) is 0 Å². The molecule has 0 heterocycles. The molecular weight excluding hydrogens is 118 g/mol. The summed E-state index contributed by atoms with van der Waals surface area (Å²) >= 11 is 0. The van der Waals surface area contributed by atoms with Crippen LogP contribution in [0.15, 0.2) is 0 Å². The van der Waals surface area contributed by atoms with Crippen LogP contribution in [0.4, 0.5) is 0 Å². The van der Waals surface area contributed by atoms with Gasteiger partial charge in [0.15, 0.2) is 0 Å². The van der Waals surface area contributed by atoms with Crippen molar-refractivity contribution < 1.29 is 27.4 Å². The molecule has 4 heavy (non-hydrogen) atoms. The molecule has 0 aliphatic heterocycles. The van der Waals surface area contributed by atoms with Crippen molar-refractivity contribution in [3.63, 3.8) is 0 Å². The van der Waals surface area contributed by atoms with E-state index in [-0.39, 0.29) is 44.8 Å². The molecule has 0 saturated carbocycles. The van der Waals surface area contributed by atoms with Crippen LogP contribution in [-0.4, -0.2) is 22.8 Å². The summed E-state index contributed by atoms with van der Waals surface area (Å²) in [7, 11) is 0. The van der Waals surface area contributed by atoms with Gasteiger partial charge in [-0.3, -0.25) is 0 Å². The maximum Gasteiger partial charge on any atom is 3.00 e. The SMILES string of the molecule is O.[Al+3].[Ni+2].[O-2]. The molecule has 0 atom stereocenters. The fraction of sp³-hybridized carbons (Fsp3) is 0. The van der Waals surface area contributed by atoms with Crippen molar-refractivity contribution >= 4 is 17.4 Å². The van der Waals surface area contributed by atoms with Crippen LogP contribution in [0.3, 0.4) is 0 Å². The third-order valence-electron chi connectivity index (χ3n) is 0. The van der Waals surface area contributed by atoms with Crippen LogP contribution in [0.1, 0.15) is 0 Å². The Kier molecular flexibility index (Phi) is 823. The smallest absolute Gasteiger partial charge is 2.00 e. The van der Waals surface area contributed by atoms with Gasteiger partial charge in [-0.15, -0.1) is 0 Å². The van der Waals surface area contributed by atoms with Gasteiger partial charge in [0, 0.05) is 0 Å². The van der Waals surface area contributed by atoms with Gasteiger partial charge in [0.05, 0.1) is 0 Å². The minimum Gasteiger partial charge on any atom is -2.00 e. The fourth-order valence-electron chi connectivity index (χ4n) is 0. The first-order valence-corrected chi connectivity index (χ1v) is 0. The average molecular weight is 120 g/mol. The summed E-state index contributed by atoms with van der Waals surface area (Å²) in [6.45, 7) is 0. The van der Waals surface area contributed by atoms with Crippen LogP contribution in [0.2, 0.25) is 0 Å². The molecule has 0 saturated heterocycles. The molecule has 0 fully saturated rings. The van der Waals surface area contributed by atoms with Crippen molar-refractivity contribution in [2.24, 2.45) is 0 Å². The molecule has 0 aliphatic rings. The Bertz CT molecular complexity index is 6.00. The molecule has 0 aromatic rings. The zero-order valence-corrected chi connectivity index (χ0v) is 3.94. The van der Waals surface area contributed by atoms with E-state index >= 15 is 0 Å². The minimum absolute atomic E-state index is 0. The van der Waals surface area contributed by atoms with Crippen molar-refractivity contribution in [2.75, 3.05) is 0 Å². The Morgan fingerprint density at radius 3 is 1.00 bits per heavy atom. The van der Waals surface area contributed by atoms with E-state index in [1.165, 1.54) is 0 Å². The zero-order valence-electron chi connectivity index (χ0n) is 1.80.